The number of benzene rings is 2. The Labute approximate surface area is 164 Å². The molecule has 28 heavy (non-hydrogen) atoms. The molecule has 4 aromatic rings. The molecule has 0 aliphatic rings. The van der Waals surface area contributed by atoms with E-state index in [1.807, 2.05) is 18.2 Å². The molecular formula is C22H14ClNO4. The second-order valence-corrected chi connectivity index (χ2v) is 6.47. The van der Waals surface area contributed by atoms with E-state index >= 15 is 0 Å². The Bertz CT molecular complexity index is 1240. The Kier molecular flexibility index (Phi) is 4.83. The molecule has 4 rings (SSSR count). The molecule has 138 valence electrons. The lowest BCUT2D eigenvalue weighted by atomic mass is 10.2. The van der Waals surface area contributed by atoms with Crippen LogP contribution in [0, 0.1) is 0 Å². The van der Waals surface area contributed by atoms with E-state index in [2.05, 4.69) is 5.32 Å². The lowest BCUT2D eigenvalue weighted by molar-refractivity contribution is -0.111. The van der Waals surface area contributed by atoms with Crippen LogP contribution in [0.25, 0.3) is 28.4 Å². The van der Waals surface area contributed by atoms with E-state index in [1.165, 1.54) is 12.1 Å². The van der Waals surface area contributed by atoms with Gasteiger partial charge in [0.2, 0.25) is 5.91 Å². The molecule has 6 heteroatoms. The molecule has 1 amide bonds. The van der Waals surface area contributed by atoms with Gasteiger partial charge in [0.1, 0.15) is 17.1 Å². The van der Waals surface area contributed by atoms with Crippen molar-refractivity contribution in [1.29, 1.82) is 0 Å². The number of carbonyl (C=O) groups excluding carboxylic acids is 1. The van der Waals surface area contributed by atoms with E-state index in [1.54, 1.807) is 48.5 Å². The van der Waals surface area contributed by atoms with E-state index < -0.39 is 5.63 Å². The first-order chi connectivity index (χ1) is 13.6. The molecule has 0 atom stereocenters. The lowest BCUT2D eigenvalue weighted by Gasteiger charge is -2.03. The summed E-state index contributed by atoms with van der Waals surface area (Å²) in [6.07, 6.45) is 2.98. The topological polar surface area (TPSA) is 72.5 Å². The Hall–Kier alpha value is -3.57. The molecule has 0 bridgehead atoms. The van der Waals surface area contributed by atoms with Crippen molar-refractivity contribution in [3.05, 3.63) is 94.0 Å². The molecule has 0 aliphatic carbocycles. The van der Waals surface area contributed by atoms with Gasteiger partial charge in [-0.3, -0.25) is 4.79 Å². The Morgan fingerprint density at radius 3 is 2.57 bits per heavy atom. The molecule has 2 aromatic heterocycles. The van der Waals surface area contributed by atoms with E-state index in [9.17, 15) is 9.59 Å². The van der Waals surface area contributed by atoms with Gasteiger partial charge in [-0.05, 0) is 66.7 Å². The summed E-state index contributed by atoms with van der Waals surface area (Å²) in [5.41, 5.74) is 1.55. The average molecular weight is 392 g/mol. The van der Waals surface area contributed by atoms with Crippen LogP contribution in [0.3, 0.4) is 0 Å². The minimum atomic E-state index is -0.413. The first-order valence-electron chi connectivity index (χ1n) is 8.46. The van der Waals surface area contributed by atoms with Crippen molar-refractivity contribution in [1.82, 2.24) is 0 Å². The largest absolute Gasteiger partial charge is 0.457 e. The first-order valence-corrected chi connectivity index (χ1v) is 8.83. The summed E-state index contributed by atoms with van der Waals surface area (Å²) in [5.74, 6) is 0.939. The number of hydrogen-bond acceptors (Lipinski definition) is 4. The SMILES string of the molecule is O=C(C=Cc1ccc(-c2ccc(Cl)cc2)o1)Nc1ccc2oc(=O)ccc2c1. The molecule has 0 saturated heterocycles. The van der Waals surface area contributed by atoms with Crippen molar-refractivity contribution in [3.8, 4) is 11.3 Å². The number of fused-ring (bicyclic) bond motifs is 1. The summed E-state index contributed by atoms with van der Waals surface area (Å²) in [5, 5.41) is 4.14. The molecule has 1 N–H and O–H groups in total. The normalized spacial score (nSPS) is 11.2. The maximum atomic E-state index is 12.2. The van der Waals surface area contributed by atoms with Crippen molar-refractivity contribution >= 4 is 40.2 Å². The van der Waals surface area contributed by atoms with Crippen LogP contribution in [0.15, 0.2) is 86.4 Å². The fraction of sp³-hybridized carbons (Fsp3) is 0. The van der Waals surface area contributed by atoms with Gasteiger partial charge < -0.3 is 14.2 Å². The van der Waals surface area contributed by atoms with Crippen LogP contribution >= 0.6 is 11.6 Å². The monoisotopic (exact) mass is 391 g/mol. The molecule has 2 aromatic carbocycles. The quantitative estimate of drug-likeness (QED) is 0.375. The fourth-order valence-corrected chi connectivity index (χ4v) is 2.83. The summed E-state index contributed by atoms with van der Waals surface area (Å²) in [4.78, 5) is 23.4. The fourth-order valence-electron chi connectivity index (χ4n) is 2.70. The average Bonchev–Trinajstić information content (AvgIpc) is 3.16. The zero-order valence-corrected chi connectivity index (χ0v) is 15.3. The number of rotatable bonds is 4. The van der Waals surface area contributed by atoms with Gasteiger partial charge in [0, 0.05) is 33.8 Å². The van der Waals surface area contributed by atoms with Gasteiger partial charge in [-0.2, -0.15) is 0 Å². The summed E-state index contributed by atoms with van der Waals surface area (Å²) in [7, 11) is 0. The van der Waals surface area contributed by atoms with Gasteiger partial charge in [-0.25, -0.2) is 4.79 Å². The number of halogens is 1. The minimum absolute atomic E-state index is 0.304. The van der Waals surface area contributed by atoms with E-state index in [-0.39, 0.29) is 5.91 Å². The molecule has 0 spiro atoms. The van der Waals surface area contributed by atoms with Crippen LogP contribution in [-0.4, -0.2) is 5.91 Å². The Balaban J connectivity index is 1.45. The number of amides is 1. The molecule has 5 nitrogen and oxygen atoms in total. The van der Waals surface area contributed by atoms with Gasteiger partial charge >= 0.3 is 5.63 Å². The third kappa shape index (κ3) is 4.05. The predicted octanol–water partition coefficient (Wildman–Crippen LogP) is 5.36. The number of hydrogen-bond donors (Lipinski definition) is 1. The minimum Gasteiger partial charge on any atom is -0.457 e. The van der Waals surface area contributed by atoms with Crippen LogP contribution in [-0.2, 0) is 4.79 Å². The van der Waals surface area contributed by atoms with Crippen LogP contribution < -0.4 is 10.9 Å². The first kappa shape index (κ1) is 17.8. The Morgan fingerprint density at radius 2 is 1.75 bits per heavy atom. The lowest BCUT2D eigenvalue weighted by Crippen LogP contribution is -2.07. The highest BCUT2D eigenvalue weighted by atomic mass is 35.5. The number of nitrogens with one attached hydrogen (secondary N) is 1. The molecule has 0 fully saturated rings. The summed E-state index contributed by atoms with van der Waals surface area (Å²) in [6, 6.07) is 18.9. The standard InChI is InChI=1S/C22H14ClNO4/c23-16-4-1-14(2-5-16)19-10-7-18(27-19)8-11-21(25)24-17-6-9-20-15(13-17)3-12-22(26)28-20/h1-13H,(H,24,25). The van der Waals surface area contributed by atoms with Crippen molar-refractivity contribution < 1.29 is 13.6 Å². The van der Waals surface area contributed by atoms with Crippen molar-refractivity contribution in [2.45, 2.75) is 0 Å². The highest BCUT2D eigenvalue weighted by molar-refractivity contribution is 6.30. The number of furan rings is 1. The van der Waals surface area contributed by atoms with Gasteiger partial charge in [0.25, 0.3) is 0 Å². The van der Waals surface area contributed by atoms with Gasteiger partial charge in [-0.1, -0.05) is 11.6 Å². The van der Waals surface area contributed by atoms with Crippen LogP contribution in [0.5, 0.6) is 0 Å². The van der Waals surface area contributed by atoms with Crippen LogP contribution in [0.1, 0.15) is 5.76 Å². The summed E-state index contributed by atoms with van der Waals surface area (Å²) >= 11 is 5.89. The van der Waals surface area contributed by atoms with Crippen molar-refractivity contribution in [2.75, 3.05) is 5.32 Å². The molecule has 0 unspecified atom stereocenters. The third-order valence-electron chi connectivity index (χ3n) is 4.04. The summed E-state index contributed by atoms with van der Waals surface area (Å²) < 4.78 is 10.8. The molecular weight excluding hydrogens is 378 g/mol. The number of anilines is 1. The van der Waals surface area contributed by atoms with E-state index in [0.717, 1.165) is 10.9 Å². The predicted molar refractivity (Wildman–Crippen MR) is 109 cm³/mol. The number of carbonyl (C=O) groups is 1. The summed E-state index contributed by atoms with van der Waals surface area (Å²) in [6.45, 7) is 0. The maximum Gasteiger partial charge on any atom is 0.336 e. The van der Waals surface area contributed by atoms with Crippen LogP contribution in [0.2, 0.25) is 5.02 Å². The zero-order valence-electron chi connectivity index (χ0n) is 14.5. The smallest absolute Gasteiger partial charge is 0.336 e. The van der Waals surface area contributed by atoms with Crippen molar-refractivity contribution in [2.24, 2.45) is 0 Å². The highest BCUT2D eigenvalue weighted by Gasteiger charge is 2.05. The second-order valence-electron chi connectivity index (χ2n) is 6.04. The molecule has 2 heterocycles. The van der Waals surface area contributed by atoms with Gasteiger partial charge in [0.05, 0.1) is 0 Å². The highest BCUT2D eigenvalue weighted by Crippen LogP contribution is 2.24. The molecule has 0 radical (unpaired) electrons. The van der Waals surface area contributed by atoms with Crippen LogP contribution in [0.4, 0.5) is 5.69 Å². The maximum absolute atomic E-state index is 12.2. The molecule has 0 saturated carbocycles. The Morgan fingerprint density at radius 1 is 0.929 bits per heavy atom. The van der Waals surface area contributed by atoms with Gasteiger partial charge in [0.15, 0.2) is 0 Å². The zero-order chi connectivity index (χ0) is 19.5. The molecule has 0 aliphatic heterocycles. The third-order valence-corrected chi connectivity index (χ3v) is 4.29. The van der Waals surface area contributed by atoms with E-state index in [0.29, 0.717) is 27.8 Å². The second kappa shape index (κ2) is 7.58. The van der Waals surface area contributed by atoms with Crippen molar-refractivity contribution in [3.63, 3.8) is 0 Å². The van der Waals surface area contributed by atoms with E-state index in [4.69, 9.17) is 20.4 Å². The van der Waals surface area contributed by atoms with Gasteiger partial charge in [-0.15, -0.1) is 0 Å².